The summed E-state index contributed by atoms with van der Waals surface area (Å²) in [5, 5.41) is 3.22. The average molecular weight is 352 g/mol. The van der Waals surface area contributed by atoms with Gasteiger partial charge in [-0.1, -0.05) is 0 Å². The summed E-state index contributed by atoms with van der Waals surface area (Å²) in [6.45, 7) is 4.74. The maximum absolute atomic E-state index is 5.40. The lowest BCUT2D eigenvalue weighted by molar-refractivity contribution is 0.404. The van der Waals surface area contributed by atoms with E-state index in [9.17, 15) is 0 Å². The van der Waals surface area contributed by atoms with Crippen molar-refractivity contribution in [3.8, 4) is 22.9 Å². The Hall–Kier alpha value is -1.82. The van der Waals surface area contributed by atoms with Crippen LogP contribution in [0.2, 0.25) is 0 Å². The zero-order valence-corrected chi connectivity index (χ0v) is 14.1. The molecule has 5 nitrogen and oxygen atoms in total. The number of ether oxygens (including phenoxy) is 2. The van der Waals surface area contributed by atoms with Gasteiger partial charge in [0.1, 0.15) is 17.3 Å². The molecule has 0 aliphatic carbocycles. The van der Waals surface area contributed by atoms with Gasteiger partial charge in [0.2, 0.25) is 0 Å². The number of aromatic nitrogens is 2. The van der Waals surface area contributed by atoms with Gasteiger partial charge in [-0.05, 0) is 48.0 Å². The molecule has 1 aromatic carbocycles. The highest BCUT2D eigenvalue weighted by Gasteiger charge is 2.14. The van der Waals surface area contributed by atoms with Crippen molar-refractivity contribution in [2.75, 3.05) is 26.1 Å². The third-order valence-electron chi connectivity index (χ3n) is 3.01. The third kappa shape index (κ3) is 3.26. The molecule has 0 saturated heterocycles. The minimum atomic E-state index is 0.599. The Morgan fingerprint density at radius 2 is 1.95 bits per heavy atom. The van der Waals surface area contributed by atoms with Crippen molar-refractivity contribution in [3.63, 3.8) is 0 Å². The van der Waals surface area contributed by atoms with Crippen molar-refractivity contribution in [3.05, 3.63) is 28.4 Å². The fourth-order valence-electron chi connectivity index (χ4n) is 1.95. The van der Waals surface area contributed by atoms with Crippen LogP contribution < -0.4 is 14.8 Å². The second-order valence-corrected chi connectivity index (χ2v) is 5.18. The number of methoxy groups -OCH3 is 2. The van der Waals surface area contributed by atoms with Gasteiger partial charge in [0, 0.05) is 6.54 Å². The van der Waals surface area contributed by atoms with Crippen LogP contribution >= 0.6 is 15.9 Å². The lowest BCUT2D eigenvalue weighted by Gasteiger charge is -2.13. The number of hydrogen-bond acceptors (Lipinski definition) is 5. The minimum Gasteiger partial charge on any atom is -0.497 e. The molecule has 1 aromatic heterocycles. The molecule has 0 fully saturated rings. The van der Waals surface area contributed by atoms with Gasteiger partial charge in [-0.3, -0.25) is 0 Å². The first kappa shape index (κ1) is 15.6. The molecule has 1 N–H and O–H groups in total. The van der Waals surface area contributed by atoms with Gasteiger partial charge in [0.05, 0.1) is 29.9 Å². The second-order valence-electron chi connectivity index (χ2n) is 4.39. The minimum absolute atomic E-state index is 0.599. The van der Waals surface area contributed by atoms with Crippen LogP contribution in [0.25, 0.3) is 11.4 Å². The van der Waals surface area contributed by atoms with Crippen LogP contribution in [-0.4, -0.2) is 30.7 Å². The Labute approximate surface area is 132 Å². The summed E-state index contributed by atoms with van der Waals surface area (Å²) in [5.74, 6) is 2.81. The lowest BCUT2D eigenvalue weighted by Crippen LogP contribution is -2.05. The van der Waals surface area contributed by atoms with E-state index < -0.39 is 0 Å². The van der Waals surface area contributed by atoms with Crippen LogP contribution in [-0.2, 0) is 0 Å². The van der Waals surface area contributed by atoms with E-state index in [2.05, 4.69) is 31.2 Å². The Morgan fingerprint density at radius 1 is 1.19 bits per heavy atom. The number of rotatable bonds is 5. The van der Waals surface area contributed by atoms with Crippen LogP contribution in [0, 0.1) is 6.92 Å². The van der Waals surface area contributed by atoms with E-state index in [-0.39, 0.29) is 0 Å². The molecular weight excluding hydrogens is 334 g/mol. The van der Waals surface area contributed by atoms with Crippen LogP contribution in [0.1, 0.15) is 12.6 Å². The highest BCUT2D eigenvalue weighted by molar-refractivity contribution is 9.10. The molecule has 21 heavy (non-hydrogen) atoms. The van der Waals surface area contributed by atoms with Crippen molar-refractivity contribution >= 4 is 21.7 Å². The monoisotopic (exact) mass is 351 g/mol. The number of aryl methyl sites for hydroxylation is 1. The van der Waals surface area contributed by atoms with Gasteiger partial charge in [-0.2, -0.15) is 0 Å². The molecule has 2 aromatic rings. The predicted molar refractivity (Wildman–Crippen MR) is 87.2 cm³/mol. The highest BCUT2D eigenvalue weighted by Crippen LogP contribution is 2.34. The second kappa shape index (κ2) is 6.76. The number of anilines is 1. The number of hydrogen-bond donors (Lipinski definition) is 1. The third-order valence-corrected chi connectivity index (χ3v) is 3.96. The summed E-state index contributed by atoms with van der Waals surface area (Å²) in [4.78, 5) is 9.11. The van der Waals surface area contributed by atoms with E-state index in [1.54, 1.807) is 14.2 Å². The molecule has 1 heterocycles. The van der Waals surface area contributed by atoms with Crippen molar-refractivity contribution in [2.24, 2.45) is 0 Å². The largest absolute Gasteiger partial charge is 0.497 e. The van der Waals surface area contributed by atoms with Crippen molar-refractivity contribution < 1.29 is 9.47 Å². The smallest absolute Gasteiger partial charge is 0.165 e. The molecule has 0 atom stereocenters. The van der Waals surface area contributed by atoms with E-state index in [0.29, 0.717) is 11.6 Å². The molecular formula is C15H18BrN3O2. The molecule has 0 spiro atoms. The first-order valence-corrected chi connectivity index (χ1v) is 7.40. The summed E-state index contributed by atoms with van der Waals surface area (Å²) in [6.07, 6.45) is 0. The molecule has 6 heteroatoms. The summed E-state index contributed by atoms with van der Waals surface area (Å²) in [6, 6.07) is 5.57. The van der Waals surface area contributed by atoms with E-state index in [1.165, 1.54) is 0 Å². The maximum Gasteiger partial charge on any atom is 0.165 e. The van der Waals surface area contributed by atoms with Gasteiger partial charge in [0.25, 0.3) is 0 Å². The summed E-state index contributed by atoms with van der Waals surface area (Å²) < 4.78 is 11.5. The topological polar surface area (TPSA) is 56.3 Å². The Kier molecular flexibility index (Phi) is 5.01. The Morgan fingerprint density at radius 3 is 2.57 bits per heavy atom. The summed E-state index contributed by atoms with van der Waals surface area (Å²) in [5.41, 5.74) is 1.66. The van der Waals surface area contributed by atoms with E-state index in [0.717, 1.165) is 33.8 Å². The zero-order chi connectivity index (χ0) is 15.4. The van der Waals surface area contributed by atoms with Crippen LogP contribution in [0.5, 0.6) is 11.5 Å². The van der Waals surface area contributed by atoms with Crippen molar-refractivity contribution in [1.29, 1.82) is 0 Å². The van der Waals surface area contributed by atoms with Gasteiger partial charge in [-0.15, -0.1) is 0 Å². The predicted octanol–water partition coefficient (Wildman–Crippen LogP) is 3.66. The number of nitrogens with zero attached hydrogens (tertiary/aromatic N) is 2. The summed E-state index contributed by atoms with van der Waals surface area (Å²) >= 11 is 3.51. The maximum atomic E-state index is 5.40. The van der Waals surface area contributed by atoms with E-state index >= 15 is 0 Å². The molecule has 0 radical (unpaired) electrons. The van der Waals surface area contributed by atoms with Gasteiger partial charge in [0.15, 0.2) is 5.82 Å². The van der Waals surface area contributed by atoms with E-state index in [4.69, 9.17) is 9.47 Å². The fraction of sp³-hybridized carbons (Fsp3) is 0.333. The van der Waals surface area contributed by atoms with E-state index in [1.807, 2.05) is 32.0 Å². The number of halogens is 1. The van der Waals surface area contributed by atoms with Gasteiger partial charge >= 0.3 is 0 Å². The Bertz CT molecular complexity index is 647. The quantitative estimate of drug-likeness (QED) is 0.890. The van der Waals surface area contributed by atoms with Crippen LogP contribution in [0.15, 0.2) is 22.7 Å². The van der Waals surface area contributed by atoms with Gasteiger partial charge in [-0.25, -0.2) is 9.97 Å². The first-order valence-electron chi connectivity index (χ1n) is 6.61. The fourth-order valence-corrected chi connectivity index (χ4v) is 2.27. The zero-order valence-electron chi connectivity index (χ0n) is 12.5. The molecule has 0 aliphatic heterocycles. The molecule has 0 amide bonds. The first-order chi connectivity index (χ1) is 10.1. The van der Waals surface area contributed by atoms with Crippen molar-refractivity contribution in [1.82, 2.24) is 9.97 Å². The normalized spacial score (nSPS) is 10.3. The molecule has 0 bridgehead atoms. The van der Waals surface area contributed by atoms with Gasteiger partial charge < -0.3 is 14.8 Å². The molecule has 0 aliphatic rings. The molecule has 112 valence electrons. The number of benzene rings is 1. The lowest BCUT2D eigenvalue weighted by atomic mass is 10.1. The number of nitrogens with one attached hydrogen (secondary N) is 1. The van der Waals surface area contributed by atoms with Crippen molar-refractivity contribution in [2.45, 2.75) is 13.8 Å². The summed E-state index contributed by atoms with van der Waals surface area (Å²) in [7, 11) is 3.26. The molecule has 0 unspecified atom stereocenters. The highest BCUT2D eigenvalue weighted by atomic mass is 79.9. The van der Waals surface area contributed by atoms with Crippen LogP contribution in [0.4, 0.5) is 5.82 Å². The Balaban J connectivity index is 2.60. The van der Waals surface area contributed by atoms with Crippen LogP contribution in [0.3, 0.4) is 0 Å². The SMILES string of the molecule is CCNc1nc(-c2cc(OC)ccc2OC)nc(C)c1Br. The standard InChI is InChI=1S/C15H18BrN3O2/c1-5-17-15-13(16)9(2)18-14(19-15)11-8-10(20-3)6-7-12(11)21-4/h6-8H,5H2,1-4H3,(H,17,18,19). The molecule has 0 saturated carbocycles. The average Bonchev–Trinajstić information content (AvgIpc) is 2.51. The molecule has 2 rings (SSSR count).